The van der Waals surface area contributed by atoms with Crippen molar-refractivity contribution in [2.75, 3.05) is 0 Å². The van der Waals surface area contributed by atoms with Crippen molar-refractivity contribution in [3.8, 4) is 0 Å². The summed E-state index contributed by atoms with van der Waals surface area (Å²) in [7, 11) is 8.06. The average Bonchev–Trinajstić information content (AvgIpc) is 1.36. The van der Waals surface area contributed by atoms with E-state index in [1.165, 1.54) is 0 Å². The summed E-state index contributed by atoms with van der Waals surface area (Å²) in [5.41, 5.74) is 0.546. The summed E-state index contributed by atoms with van der Waals surface area (Å²) >= 11 is 0. The molecule has 0 aliphatic rings. The molecule has 0 bridgehead atoms. The Kier molecular flexibility index (Phi) is 2.85. The number of hydrogen-bond donors (Lipinski definition) is 0. The van der Waals surface area contributed by atoms with Crippen LogP contribution in [0.15, 0.2) is 0 Å². The van der Waals surface area contributed by atoms with Crippen LogP contribution < -0.4 is 0 Å². The maximum atomic E-state index is 5.41. The van der Waals surface area contributed by atoms with E-state index in [9.17, 15) is 0 Å². The number of rotatable bonds is 1. The first-order chi connectivity index (χ1) is 2.64. The zero-order valence-corrected chi connectivity index (χ0v) is 5.46. The second-order valence-corrected chi connectivity index (χ2v) is 2.77. The lowest BCUT2D eigenvalue weighted by molar-refractivity contribution is 0.902. The van der Waals surface area contributed by atoms with Gasteiger partial charge in [0.2, 0.25) is 0 Å². The molecule has 0 nitrogen and oxygen atoms in total. The predicted octanol–water partition coefficient (Wildman–Crippen LogP) is 1.23. The van der Waals surface area contributed by atoms with E-state index in [1.807, 2.05) is 6.92 Å². The largest absolute Gasteiger partial charge is 0.135 e. The molecule has 2 radical (unpaired) electrons. The van der Waals surface area contributed by atoms with Crippen LogP contribution in [0, 0.1) is 0 Å². The Morgan fingerprint density at radius 3 is 1.67 bits per heavy atom. The van der Waals surface area contributed by atoms with Crippen LogP contribution in [0.2, 0.25) is 5.82 Å². The predicted molar refractivity (Wildman–Crippen MR) is 34.3 cm³/mol. The Hall–Kier alpha value is 0.495. The standard InChI is InChI=1S/C4H10BP/c1-3(5)4(2)6/h3-4H,6H2,1-2H3. The van der Waals surface area contributed by atoms with E-state index in [0.29, 0.717) is 11.5 Å². The quantitative estimate of drug-likeness (QED) is 0.343. The van der Waals surface area contributed by atoms with Crippen molar-refractivity contribution in [3.63, 3.8) is 0 Å². The summed E-state index contributed by atoms with van der Waals surface area (Å²) in [6.07, 6.45) is 0. The molecule has 2 heteroatoms. The zero-order valence-electron chi connectivity index (χ0n) is 4.31. The van der Waals surface area contributed by atoms with Gasteiger partial charge < -0.3 is 0 Å². The molecule has 0 N–H and O–H groups in total. The van der Waals surface area contributed by atoms with Crippen LogP contribution in [-0.2, 0) is 0 Å². The fourth-order valence-electron chi connectivity index (χ4n) is 0. The molecule has 3 unspecified atom stereocenters. The average molecular weight is 99.9 g/mol. The van der Waals surface area contributed by atoms with Gasteiger partial charge in [0.15, 0.2) is 0 Å². The molecule has 34 valence electrons. The van der Waals surface area contributed by atoms with Crippen molar-refractivity contribution in [1.29, 1.82) is 0 Å². The fraction of sp³-hybridized carbons (Fsp3) is 1.00. The second kappa shape index (κ2) is 2.63. The van der Waals surface area contributed by atoms with Crippen LogP contribution in [0.25, 0.3) is 0 Å². The summed E-state index contributed by atoms with van der Waals surface area (Å²) in [6, 6.07) is 0. The molecule has 0 aromatic carbocycles. The first kappa shape index (κ1) is 6.49. The van der Waals surface area contributed by atoms with Gasteiger partial charge in [-0.25, -0.2) is 0 Å². The van der Waals surface area contributed by atoms with E-state index in [0.717, 1.165) is 0 Å². The lowest BCUT2D eigenvalue weighted by Crippen LogP contribution is -1.96. The van der Waals surface area contributed by atoms with Gasteiger partial charge in [-0.05, 0) is 5.66 Å². The van der Waals surface area contributed by atoms with Crippen molar-refractivity contribution in [2.24, 2.45) is 0 Å². The molecule has 0 aliphatic heterocycles. The van der Waals surface area contributed by atoms with E-state index in [-0.39, 0.29) is 0 Å². The van der Waals surface area contributed by atoms with Gasteiger partial charge in [-0.15, -0.1) is 9.24 Å². The molecule has 0 aromatic rings. The van der Waals surface area contributed by atoms with Crippen LogP contribution >= 0.6 is 9.24 Å². The van der Waals surface area contributed by atoms with Crippen LogP contribution in [-0.4, -0.2) is 13.5 Å². The highest BCUT2D eigenvalue weighted by molar-refractivity contribution is 7.17. The fourth-order valence-corrected chi connectivity index (χ4v) is 0. The SMILES string of the molecule is [B]C(C)C(C)P. The van der Waals surface area contributed by atoms with Gasteiger partial charge in [0.05, 0.1) is 7.85 Å². The van der Waals surface area contributed by atoms with Crippen molar-refractivity contribution >= 4 is 17.1 Å². The zero-order chi connectivity index (χ0) is 5.15. The molecule has 0 saturated heterocycles. The first-order valence-corrected chi connectivity index (χ1v) is 2.82. The molecule has 0 heterocycles. The van der Waals surface area contributed by atoms with Crippen LogP contribution in [0.5, 0.6) is 0 Å². The second-order valence-electron chi connectivity index (χ2n) is 1.72. The molecule has 3 atom stereocenters. The highest BCUT2D eigenvalue weighted by Crippen LogP contribution is 2.12. The monoisotopic (exact) mass is 100 g/mol. The summed E-state index contributed by atoms with van der Waals surface area (Å²) in [4.78, 5) is 0. The molecule has 0 spiro atoms. The lowest BCUT2D eigenvalue weighted by Gasteiger charge is -2.05. The Balaban J connectivity index is 2.99. The Morgan fingerprint density at radius 2 is 1.67 bits per heavy atom. The van der Waals surface area contributed by atoms with Crippen LogP contribution in [0.4, 0.5) is 0 Å². The maximum Gasteiger partial charge on any atom is 0.0703 e. The minimum Gasteiger partial charge on any atom is -0.135 e. The van der Waals surface area contributed by atoms with Crippen molar-refractivity contribution in [2.45, 2.75) is 25.3 Å². The smallest absolute Gasteiger partial charge is 0.0703 e. The van der Waals surface area contributed by atoms with E-state index in [2.05, 4.69) is 16.2 Å². The maximum absolute atomic E-state index is 5.41. The van der Waals surface area contributed by atoms with Gasteiger partial charge >= 0.3 is 0 Å². The van der Waals surface area contributed by atoms with E-state index in [4.69, 9.17) is 7.85 Å². The molecular formula is C4H10BP. The third-order valence-corrected chi connectivity index (χ3v) is 1.44. The molecule has 0 fully saturated rings. The van der Waals surface area contributed by atoms with Crippen molar-refractivity contribution in [3.05, 3.63) is 0 Å². The topological polar surface area (TPSA) is 0 Å². The third kappa shape index (κ3) is 2.72. The van der Waals surface area contributed by atoms with Crippen LogP contribution in [0.3, 0.4) is 0 Å². The highest BCUT2D eigenvalue weighted by atomic mass is 31.0. The molecule has 0 aliphatic carbocycles. The van der Waals surface area contributed by atoms with Gasteiger partial charge in [0.1, 0.15) is 0 Å². The van der Waals surface area contributed by atoms with E-state index < -0.39 is 0 Å². The molecule has 0 amide bonds. The van der Waals surface area contributed by atoms with Gasteiger partial charge in [-0.3, -0.25) is 0 Å². The van der Waals surface area contributed by atoms with Gasteiger partial charge in [0.25, 0.3) is 0 Å². The first-order valence-electron chi connectivity index (χ1n) is 2.15. The molecule has 0 aromatic heterocycles. The van der Waals surface area contributed by atoms with E-state index >= 15 is 0 Å². The Morgan fingerprint density at radius 1 is 1.50 bits per heavy atom. The van der Waals surface area contributed by atoms with Gasteiger partial charge in [0, 0.05) is 0 Å². The van der Waals surface area contributed by atoms with Gasteiger partial charge in [-0.1, -0.05) is 19.7 Å². The van der Waals surface area contributed by atoms with Crippen molar-refractivity contribution in [1.82, 2.24) is 0 Å². The minimum absolute atomic E-state index is 0.315. The minimum atomic E-state index is 0.315. The van der Waals surface area contributed by atoms with E-state index in [1.54, 1.807) is 0 Å². The normalized spacial score (nSPS) is 19.8. The van der Waals surface area contributed by atoms with Gasteiger partial charge in [-0.2, -0.15) is 0 Å². The molecule has 6 heavy (non-hydrogen) atoms. The molecule has 0 rings (SSSR count). The molecule has 0 saturated carbocycles. The summed E-state index contributed by atoms with van der Waals surface area (Å²) in [5, 5.41) is 0. The Bertz CT molecular complexity index is 28.5. The lowest BCUT2D eigenvalue weighted by atomic mass is 9.87. The summed E-state index contributed by atoms with van der Waals surface area (Å²) < 4.78 is 0. The van der Waals surface area contributed by atoms with Crippen LogP contribution in [0.1, 0.15) is 13.8 Å². The number of hydrogen-bond acceptors (Lipinski definition) is 0. The summed E-state index contributed by atoms with van der Waals surface area (Å²) in [6.45, 7) is 4.08. The van der Waals surface area contributed by atoms with Crippen molar-refractivity contribution < 1.29 is 0 Å². The highest BCUT2D eigenvalue weighted by Gasteiger charge is 1.95. The molecular weight excluding hydrogens is 89.8 g/mol. The Labute approximate surface area is 43.3 Å². The third-order valence-electron chi connectivity index (χ3n) is 0.829. The summed E-state index contributed by atoms with van der Waals surface area (Å²) in [5.74, 6) is 0.315.